The maximum atomic E-state index is 13.5. The fourth-order valence-corrected chi connectivity index (χ4v) is 3.00. The molecule has 0 radical (unpaired) electrons. The number of nitrogen functional groups attached to an aromatic ring is 1. The van der Waals surface area contributed by atoms with Gasteiger partial charge in [-0.2, -0.15) is 11.3 Å². The fourth-order valence-electron chi connectivity index (χ4n) is 2.15. The molecule has 0 saturated carbocycles. The van der Waals surface area contributed by atoms with Gasteiger partial charge in [0.15, 0.2) is 0 Å². The van der Waals surface area contributed by atoms with Gasteiger partial charge in [-0.1, -0.05) is 0 Å². The molecular weight excluding hydrogens is 261 g/mol. The molecule has 2 aromatic heterocycles. The van der Waals surface area contributed by atoms with Gasteiger partial charge in [-0.3, -0.25) is 0 Å². The van der Waals surface area contributed by atoms with Crippen molar-refractivity contribution in [3.05, 3.63) is 45.4 Å². The van der Waals surface area contributed by atoms with E-state index in [4.69, 9.17) is 5.73 Å². The number of rotatable bonds is 2. The minimum absolute atomic E-state index is 0.246. The molecule has 19 heavy (non-hydrogen) atoms. The van der Waals surface area contributed by atoms with Gasteiger partial charge in [0.05, 0.1) is 17.6 Å². The number of halogens is 1. The fraction of sp³-hybridized carbons (Fsp3) is 0.214. The molecule has 0 aliphatic heterocycles. The summed E-state index contributed by atoms with van der Waals surface area (Å²) in [5.41, 5.74) is 10.5. The molecule has 0 saturated heterocycles. The minimum atomic E-state index is -0.246. The molecule has 0 atom stereocenters. The number of benzene rings is 1. The lowest BCUT2D eigenvalue weighted by Gasteiger charge is -2.07. The van der Waals surface area contributed by atoms with Crippen molar-refractivity contribution < 1.29 is 4.39 Å². The Morgan fingerprint density at radius 1 is 1.26 bits per heavy atom. The number of nitrogens with two attached hydrogens (primary N) is 1. The van der Waals surface area contributed by atoms with Crippen molar-refractivity contribution in [1.29, 1.82) is 0 Å². The van der Waals surface area contributed by atoms with Crippen LogP contribution in [-0.4, -0.2) is 9.55 Å². The van der Waals surface area contributed by atoms with E-state index < -0.39 is 0 Å². The maximum absolute atomic E-state index is 13.5. The molecule has 3 rings (SSSR count). The zero-order valence-corrected chi connectivity index (χ0v) is 11.6. The van der Waals surface area contributed by atoms with Crippen LogP contribution in [0.2, 0.25) is 0 Å². The molecule has 0 unspecified atom stereocenters. The van der Waals surface area contributed by atoms with Crippen LogP contribution < -0.4 is 5.73 Å². The van der Waals surface area contributed by atoms with Gasteiger partial charge >= 0.3 is 0 Å². The van der Waals surface area contributed by atoms with Gasteiger partial charge in [0.2, 0.25) is 5.95 Å². The van der Waals surface area contributed by atoms with Crippen LogP contribution in [0.3, 0.4) is 0 Å². The van der Waals surface area contributed by atoms with Crippen molar-refractivity contribution >= 4 is 28.3 Å². The molecule has 0 aliphatic rings. The van der Waals surface area contributed by atoms with E-state index in [-0.39, 0.29) is 5.82 Å². The summed E-state index contributed by atoms with van der Waals surface area (Å²) in [4.78, 5) is 4.23. The summed E-state index contributed by atoms with van der Waals surface area (Å²) in [6, 6.07) is 3.24. The average molecular weight is 275 g/mol. The summed E-state index contributed by atoms with van der Waals surface area (Å²) in [7, 11) is 0. The van der Waals surface area contributed by atoms with Gasteiger partial charge in [0.1, 0.15) is 5.82 Å². The topological polar surface area (TPSA) is 43.8 Å². The molecule has 3 nitrogen and oxygen atoms in total. The van der Waals surface area contributed by atoms with Gasteiger partial charge in [0, 0.05) is 6.07 Å². The molecular formula is C14H14FN3S. The highest BCUT2D eigenvalue weighted by molar-refractivity contribution is 7.08. The second-order valence-electron chi connectivity index (χ2n) is 4.73. The standard InChI is InChI=1S/C14H14FN3S/c1-8-3-13-12(4-11(8)15)17-14(16)18(13)5-10-7-19-6-9(10)2/h3-4,6-7H,5H2,1-2H3,(H2,16,17). The minimum Gasteiger partial charge on any atom is -0.369 e. The lowest BCUT2D eigenvalue weighted by atomic mass is 10.2. The Labute approximate surface area is 114 Å². The molecule has 3 aromatic rings. The van der Waals surface area contributed by atoms with Crippen LogP contribution in [0.4, 0.5) is 10.3 Å². The van der Waals surface area contributed by atoms with E-state index in [1.807, 2.05) is 4.57 Å². The van der Waals surface area contributed by atoms with Crippen molar-refractivity contribution in [2.75, 3.05) is 5.73 Å². The Morgan fingerprint density at radius 3 is 2.74 bits per heavy atom. The molecule has 0 spiro atoms. The number of imidazole rings is 1. The van der Waals surface area contributed by atoms with E-state index in [1.165, 1.54) is 17.2 Å². The number of hydrogen-bond acceptors (Lipinski definition) is 3. The summed E-state index contributed by atoms with van der Waals surface area (Å²) in [5, 5.41) is 4.21. The first-order valence-electron chi connectivity index (χ1n) is 6.00. The first kappa shape index (κ1) is 12.2. The van der Waals surface area contributed by atoms with E-state index in [1.54, 1.807) is 24.3 Å². The normalized spacial score (nSPS) is 11.3. The number of fused-ring (bicyclic) bond motifs is 1. The van der Waals surface area contributed by atoms with Gasteiger partial charge in [-0.15, -0.1) is 0 Å². The largest absolute Gasteiger partial charge is 0.369 e. The third-order valence-corrected chi connectivity index (χ3v) is 4.26. The van der Waals surface area contributed by atoms with Crippen LogP contribution in [0.25, 0.3) is 11.0 Å². The van der Waals surface area contributed by atoms with Gasteiger partial charge in [-0.25, -0.2) is 9.37 Å². The maximum Gasteiger partial charge on any atom is 0.201 e. The van der Waals surface area contributed by atoms with Crippen molar-refractivity contribution in [2.24, 2.45) is 0 Å². The molecule has 98 valence electrons. The SMILES string of the molecule is Cc1cc2c(cc1F)nc(N)n2Cc1cscc1C. The predicted molar refractivity (Wildman–Crippen MR) is 77.0 cm³/mol. The van der Waals surface area contributed by atoms with Gasteiger partial charge in [-0.05, 0) is 47.4 Å². The lowest BCUT2D eigenvalue weighted by Crippen LogP contribution is -2.04. The Kier molecular flexibility index (Phi) is 2.78. The second kappa shape index (κ2) is 4.35. The number of hydrogen-bond donors (Lipinski definition) is 1. The van der Waals surface area contributed by atoms with Crippen LogP contribution in [0.5, 0.6) is 0 Å². The third-order valence-electron chi connectivity index (χ3n) is 3.35. The first-order valence-corrected chi connectivity index (χ1v) is 6.94. The van der Waals surface area contributed by atoms with Gasteiger partial charge < -0.3 is 10.3 Å². The molecule has 0 aliphatic carbocycles. The third kappa shape index (κ3) is 2.00. The Hall–Kier alpha value is -1.88. The molecule has 0 amide bonds. The summed E-state index contributed by atoms with van der Waals surface area (Å²) in [6.45, 7) is 4.49. The highest BCUT2D eigenvalue weighted by Gasteiger charge is 2.12. The van der Waals surface area contributed by atoms with E-state index in [0.29, 0.717) is 23.6 Å². The number of thiophene rings is 1. The van der Waals surface area contributed by atoms with E-state index >= 15 is 0 Å². The van der Waals surface area contributed by atoms with Crippen LogP contribution in [0.1, 0.15) is 16.7 Å². The zero-order valence-electron chi connectivity index (χ0n) is 10.8. The Balaban J connectivity index is 2.15. The van der Waals surface area contributed by atoms with Crippen LogP contribution in [-0.2, 0) is 6.54 Å². The second-order valence-corrected chi connectivity index (χ2v) is 5.47. The summed E-state index contributed by atoms with van der Waals surface area (Å²) in [6.07, 6.45) is 0. The predicted octanol–water partition coefficient (Wildman–Crippen LogP) is 3.48. The molecule has 1 aromatic carbocycles. The zero-order chi connectivity index (χ0) is 13.6. The highest BCUT2D eigenvalue weighted by Crippen LogP contribution is 2.24. The summed E-state index contributed by atoms with van der Waals surface area (Å²) in [5.74, 6) is 0.175. The summed E-state index contributed by atoms with van der Waals surface area (Å²) >= 11 is 1.67. The van der Waals surface area contributed by atoms with Gasteiger partial charge in [0.25, 0.3) is 0 Å². The smallest absolute Gasteiger partial charge is 0.201 e. The highest BCUT2D eigenvalue weighted by atomic mass is 32.1. The Morgan fingerprint density at radius 2 is 2.05 bits per heavy atom. The number of aryl methyl sites for hydroxylation is 2. The molecule has 0 fully saturated rings. The van der Waals surface area contributed by atoms with Crippen molar-refractivity contribution in [3.63, 3.8) is 0 Å². The summed E-state index contributed by atoms with van der Waals surface area (Å²) < 4.78 is 15.5. The quantitative estimate of drug-likeness (QED) is 0.778. The molecule has 2 heterocycles. The Bertz CT molecular complexity index is 757. The van der Waals surface area contributed by atoms with Crippen molar-refractivity contribution in [2.45, 2.75) is 20.4 Å². The van der Waals surface area contributed by atoms with E-state index in [2.05, 4.69) is 22.7 Å². The van der Waals surface area contributed by atoms with Crippen LogP contribution in [0, 0.1) is 19.7 Å². The molecule has 0 bridgehead atoms. The number of aromatic nitrogens is 2. The number of nitrogens with zero attached hydrogens (tertiary/aromatic N) is 2. The molecule has 2 N–H and O–H groups in total. The molecule has 5 heteroatoms. The van der Waals surface area contributed by atoms with E-state index in [0.717, 1.165) is 5.52 Å². The van der Waals surface area contributed by atoms with Crippen LogP contribution >= 0.6 is 11.3 Å². The monoisotopic (exact) mass is 275 g/mol. The number of anilines is 1. The van der Waals surface area contributed by atoms with Crippen molar-refractivity contribution in [1.82, 2.24) is 9.55 Å². The average Bonchev–Trinajstić information content (AvgIpc) is 2.88. The van der Waals surface area contributed by atoms with Crippen molar-refractivity contribution in [3.8, 4) is 0 Å². The van der Waals surface area contributed by atoms with Crippen LogP contribution in [0.15, 0.2) is 22.9 Å². The van der Waals surface area contributed by atoms with E-state index in [9.17, 15) is 4.39 Å². The first-order chi connectivity index (χ1) is 9.06. The lowest BCUT2D eigenvalue weighted by molar-refractivity contribution is 0.620.